The van der Waals surface area contributed by atoms with E-state index in [0.29, 0.717) is 12.5 Å². The third-order valence-corrected chi connectivity index (χ3v) is 3.71. The van der Waals surface area contributed by atoms with E-state index in [0.717, 1.165) is 12.5 Å². The molecule has 1 unspecified atom stereocenters. The Morgan fingerprint density at radius 1 is 1.07 bits per heavy atom. The number of rotatable bonds is 4. The predicted octanol–water partition coefficient (Wildman–Crippen LogP) is 1.88. The zero-order valence-corrected chi connectivity index (χ0v) is 9.12. The molecule has 1 N–H and O–H groups in total. The predicted molar refractivity (Wildman–Crippen MR) is 58.2 cm³/mol. The molecule has 0 aromatic heterocycles. The maximum absolute atomic E-state index is 9.31. The molecule has 0 amide bonds. The SMILES string of the molecule is OCC(CN1CCCCCC1)C1CC1. The molecule has 1 heterocycles. The summed E-state index contributed by atoms with van der Waals surface area (Å²) in [4.78, 5) is 2.58. The molecule has 1 saturated heterocycles. The lowest BCUT2D eigenvalue weighted by Crippen LogP contribution is -2.32. The summed E-state index contributed by atoms with van der Waals surface area (Å²) < 4.78 is 0. The maximum Gasteiger partial charge on any atom is 0.0474 e. The highest BCUT2D eigenvalue weighted by molar-refractivity contribution is 4.83. The van der Waals surface area contributed by atoms with Gasteiger partial charge in [0.1, 0.15) is 0 Å². The minimum atomic E-state index is 0.404. The van der Waals surface area contributed by atoms with E-state index in [4.69, 9.17) is 0 Å². The van der Waals surface area contributed by atoms with Gasteiger partial charge in [0.25, 0.3) is 0 Å². The Kier molecular flexibility index (Phi) is 3.82. The molecule has 1 aliphatic heterocycles. The van der Waals surface area contributed by atoms with Gasteiger partial charge in [-0.15, -0.1) is 0 Å². The lowest BCUT2D eigenvalue weighted by molar-refractivity contribution is 0.151. The van der Waals surface area contributed by atoms with Crippen LogP contribution in [-0.2, 0) is 0 Å². The second kappa shape index (κ2) is 5.13. The van der Waals surface area contributed by atoms with Crippen molar-refractivity contribution in [1.82, 2.24) is 4.90 Å². The van der Waals surface area contributed by atoms with Crippen LogP contribution in [0.3, 0.4) is 0 Å². The van der Waals surface area contributed by atoms with Crippen molar-refractivity contribution in [3.8, 4) is 0 Å². The Balaban J connectivity index is 1.75. The molecule has 82 valence electrons. The lowest BCUT2D eigenvalue weighted by atomic mass is 10.0. The number of hydrogen-bond donors (Lipinski definition) is 1. The Morgan fingerprint density at radius 2 is 1.71 bits per heavy atom. The van der Waals surface area contributed by atoms with Crippen LogP contribution in [0.1, 0.15) is 38.5 Å². The maximum atomic E-state index is 9.31. The average molecular weight is 197 g/mol. The molecule has 0 spiro atoms. The molecule has 1 aliphatic carbocycles. The largest absolute Gasteiger partial charge is 0.396 e. The Hall–Kier alpha value is -0.0800. The molecular formula is C12H23NO. The fraction of sp³-hybridized carbons (Fsp3) is 1.00. The van der Waals surface area contributed by atoms with Crippen LogP contribution >= 0.6 is 0 Å². The van der Waals surface area contributed by atoms with E-state index < -0.39 is 0 Å². The quantitative estimate of drug-likeness (QED) is 0.744. The van der Waals surface area contributed by atoms with Crippen LogP contribution in [-0.4, -0.2) is 36.2 Å². The minimum absolute atomic E-state index is 0.404. The van der Waals surface area contributed by atoms with Gasteiger partial charge in [0.2, 0.25) is 0 Å². The van der Waals surface area contributed by atoms with Gasteiger partial charge in [0.05, 0.1) is 0 Å². The van der Waals surface area contributed by atoms with Crippen molar-refractivity contribution >= 4 is 0 Å². The molecule has 0 aromatic carbocycles. The van der Waals surface area contributed by atoms with Gasteiger partial charge in [-0.3, -0.25) is 0 Å². The number of aliphatic hydroxyl groups is 1. The summed E-state index contributed by atoms with van der Waals surface area (Å²) in [6.07, 6.45) is 8.26. The van der Waals surface area contributed by atoms with Crippen LogP contribution in [0.4, 0.5) is 0 Å². The molecule has 2 fully saturated rings. The van der Waals surface area contributed by atoms with Gasteiger partial charge in [0, 0.05) is 13.2 Å². The van der Waals surface area contributed by atoms with Crippen LogP contribution in [0.25, 0.3) is 0 Å². The highest BCUT2D eigenvalue weighted by Gasteiger charge is 2.31. The van der Waals surface area contributed by atoms with Crippen LogP contribution in [0.15, 0.2) is 0 Å². The van der Waals surface area contributed by atoms with Gasteiger partial charge in [-0.25, -0.2) is 0 Å². The molecule has 2 aliphatic rings. The zero-order valence-electron chi connectivity index (χ0n) is 9.12. The van der Waals surface area contributed by atoms with Gasteiger partial charge >= 0.3 is 0 Å². The first-order valence-corrected chi connectivity index (χ1v) is 6.23. The normalized spacial score (nSPS) is 27.2. The molecule has 2 heteroatoms. The van der Waals surface area contributed by atoms with Crippen molar-refractivity contribution < 1.29 is 5.11 Å². The van der Waals surface area contributed by atoms with E-state index in [1.54, 1.807) is 0 Å². The second-order valence-electron chi connectivity index (χ2n) is 4.99. The fourth-order valence-electron chi connectivity index (χ4n) is 2.57. The number of nitrogens with zero attached hydrogens (tertiary/aromatic N) is 1. The van der Waals surface area contributed by atoms with Crippen molar-refractivity contribution in [2.75, 3.05) is 26.2 Å². The van der Waals surface area contributed by atoms with Crippen LogP contribution < -0.4 is 0 Å². The van der Waals surface area contributed by atoms with Gasteiger partial charge in [-0.1, -0.05) is 12.8 Å². The zero-order chi connectivity index (χ0) is 9.80. The Morgan fingerprint density at radius 3 is 2.21 bits per heavy atom. The van der Waals surface area contributed by atoms with Gasteiger partial charge in [-0.05, 0) is 50.6 Å². The molecule has 1 saturated carbocycles. The molecule has 0 bridgehead atoms. The molecule has 0 aromatic rings. The summed E-state index contributed by atoms with van der Waals surface area (Å²) in [5.74, 6) is 1.43. The minimum Gasteiger partial charge on any atom is -0.396 e. The van der Waals surface area contributed by atoms with E-state index in [-0.39, 0.29) is 0 Å². The van der Waals surface area contributed by atoms with Crippen molar-refractivity contribution in [1.29, 1.82) is 0 Å². The first-order valence-electron chi connectivity index (χ1n) is 6.23. The van der Waals surface area contributed by atoms with Gasteiger partial charge < -0.3 is 10.0 Å². The highest BCUT2D eigenvalue weighted by atomic mass is 16.3. The molecule has 14 heavy (non-hydrogen) atoms. The standard InChI is InChI=1S/C12H23NO/c14-10-12(11-5-6-11)9-13-7-3-1-2-4-8-13/h11-12,14H,1-10H2. The molecule has 2 rings (SSSR count). The first kappa shape index (κ1) is 10.4. The Bertz CT molecular complexity index is 160. The summed E-state index contributed by atoms with van der Waals surface area (Å²) >= 11 is 0. The van der Waals surface area contributed by atoms with E-state index in [1.807, 2.05) is 0 Å². The molecule has 1 atom stereocenters. The monoisotopic (exact) mass is 197 g/mol. The molecule has 2 nitrogen and oxygen atoms in total. The number of hydrogen-bond acceptors (Lipinski definition) is 2. The average Bonchev–Trinajstić information content (AvgIpc) is 3.01. The van der Waals surface area contributed by atoms with Crippen molar-refractivity contribution in [2.45, 2.75) is 38.5 Å². The van der Waals surface area contributed by atoms with Crippen molar-refractivity contribution in [3.05, 3.63) is 0 Å². The summed E-state index contributed by atoms with van der Waals surface area (Å²) in [7, 11) is 0. The van der Waals surface area contributed by atoms with Crippen molar-refractivity contribution in [2.24, 2.45) is 11.8 Å². The smallest absolute Gasteiger partial charge is 0.0474 e. The molecule has 0 radical (unpaired) electrons. The lowest BCUT2D eigenvalue weighted by Gasteiger charge is -2.24. The number of likely N-dealkylation sites (tertiary alicyclic amines) is 1. The summed E-state index contributed by atoms with van der Waals surface area (Å²) in [5.41, 5.74) is 0. The first-order chi connectivity index (χ1) is 6.90. The third-order valence-electron chi connectivity index (χ3n) is 3.71. The summed E-state index contributed by atoms with van der Waals surface area (Å²) in [5, 5.41) is 9.31. The van der Waals surface area contributed by atoms with E-state index in [2.05, 4.69) is 4.90 Å². The topological polar surface area (TPSA) is 23.5 Å². The highest BCUT2D eigenvalue weighted by Crippen LogP contribution is 2.37. The Labute approximate surface area is 87.3 Å². The van der Waals surface area contributed by atoms with Crippen LogP contribution in [0.2, 0.25) is 0 Å². The summed E-state index contributed by atoms with van der Waals surface area (Å²) in [6, 6.07) is 0. The number of aliphatic hydroxyl groups excluding tert-OH is 1. The van der Waals surface area contributed by atoms with E-state index in [9.17, 15) is 5.11 Å². The molecular weight excluding hydrogens is 174 g/mol. The van der Waals surface area contributed by atoms with Crippen LogP contribution in [0.5, 0.6) is 0 Å². The van der Waals surface area contributed by atoms with Crippen LogP contribution in [0, 0.1) is 11.8 Å². The van der Waals surface area contributed by atoms with Gasteiger partial charge in [0.15, 0.2) is 0 Å². The van der Waals surface area contributed by atoms with E-state index >= 15 is 0 Å². The summed E-state index contributed by atoms with van der Waals surface area (Å²) in [6.45, 7) is 4.09. The second-order valence-corrected chi connectivity index (χ2v) is 4.99. The fourth-order valence-corrected chi connectivity index (χ4v) is 2.57. The van der Waals surface area contributed by atoms with Crippen molar-refractivity contribution in [3.63, 3.8) is 0 Å². The third kappa shape index (κ3) is 2.96. The van der Waals surface area contributed by atoms with Gasteiger partial charge in [-0.2, -0.15) is 0 Å². The van der Waals surface area contributed by atoms with E-state index in [1.165, 1.54) is 51.6 Å².